The van der Waals surface area contributed by atoms with Gasteiger partial charge < -0.3 is 25.0 Å². The lowest BCUT2D eigenvalue weighted by Gasteiger charge is -2.29. The Morgan fingerprint density at radius 1 is 1.00 bits per heavy atom. The molecule has 0 unspecified atom stereocenters. The fourth-order valence-electron chi connectivity index (χ4n) is 4.60. The highest BCUT2D eigenvalue weighted by Crippen LogP contribution is 2.31. The van der Waals surface area contributed by atoms with Gasteiger partial charge in [-0.1, -0.05) is 19.6 Å². The van der Waals surface area contributed by atoms with Crippen molar-refractivity contribution < 1.29 is 13.9 Å². The SMILES string of the molecule is C.COc1cc(F)c(CNCC2CCC(Nc3nc(N(C)C)c4ccccc4n3)CC2)cc1OC. The third-order valence-electron chi connectivity index (χ3n) is 6.49. The number of hydrogen-bond acceptors (Lipinski definition) is 7. The van der Waals surface area contributed by atoms with Crippen LogP contribution in [0.1, 0.15) is 38.7 Å². The highest BCUT2D eigenvalue weighted by atomic mass is 19.1. The molecule has 1 aliphatic rings. The highest BCUT2D eigenvalue weighted by Gasteiger charge is 2.22. The minimum absolute atomic E-state index is 0. The zero-order chi connectivity index (χ0) is 24.1. The second-order valence-corrected chi connectivity index (χ2v) is 9.07. The van der Waals surface area contributed by atoms with Crippen molar-refractivity contribution in [3.8, 4) is 11.5 Å². The fraction of sp³-hybridized carbons (Fsp3) is 0.481. The van der Waals surface area contributed by atoms with Crippen molar-refractivity contribution in [3.05, 3.63) is 47.8 Å². The maximum atomic E-state index is 14.4. The summed E-state index contributed by atoms with van der Waals surface area (Å²) in [4.78, 5) is 11.5. The molecule has 0 amide bonds. The minimum Gasteiger partial charge on any atom is -0.493 e. The molecule has 0 aliphatic heterocycles. The van der Waals surface area contributed by atoms with Crippen LogP contribution >= 0.6 is 0 Å². The van der Waals surface area contributed by atoms with Crippen LogP contribution in [0.15, 0.2) is 36.4 Å². The molecule has 0 atom stereocenters. The van der Waals surface area contributed by atoms with E-state index in [9.17, 15) is 4.39 Å². The molecule has 0 bridgehead atoms. The maximum absolute atomic E-state index is 14.4. The summed E-state index contributed by atoms with van der Waals surface area (Å²) in [7, 11) is 7.08. The van der Waals surface area contributed by atoms with Gasteiger partial charge in [0.15, 0.2) is 11.5 Å². The van der Waals surface area contributed by atoms with Gasteiger partial charge in [-0.15, -0.1) is 0 Å². The van der Waals surface area contributed by atoms with Crippen LogP contribution in [0.2, 0.25) is 0 Å². The number of halogens is 1. The summed E-state index contributed by atoms with van der Waals surface area (Å²) < 4.78 is 24.8. The van der Waals surface area contributed by atoms with E-state index in [0.717, 1.165) is 48.9 Å². The average molecular weight is 484 g/mol. The van der Waals surface area contributed by atoms with Crippen LogP contribution in [0, 0.1) is 11.7 Å². The number of aromatic nitrogens is 2. The van der Waals surface area contributed by atoms with Crippen LogP contribution in [0.5, 0.6) is 11.5 Å². The predicted octanol–water partition coefficient (Wildman–Crippen LogP) is 5.25. The largest absolute Gasteiger partial charge is 0.493 e. The van der Waals surface area contributed by atoms with E-state index in [1.807, 2.05) is 37.2 Å². The Morgan fingerprint density at radius 2 is 1.69 bits per heavy atom. The Morgan fingerprint density at radius 3 is 2.37 bits per heavy atom. The molecule has 2 aromatic carbocycles. The summed E-state index contributed by atoms with van der Waals surface area (Å²) in [5.74, 6) is 2.84. The molecule has 7 nitrogen and oxygen atoms in total. The first-order valence-electron chi connectivity index (χ1n) is 11.8. The lowest BCUT2D eigenvalue weighted by Crippen LogP contribution is -2.31. The van der Waals surface area contributed by atoms with Crippen LogP contribution in [-0.2, 0) is 6.54 Å². The van der Waals surface area contributed by atoms with E-state index in [1.165, 1.54) is 13.2 Å². The molecule has 0 spiro atoms. The van der Waals surface area contributed by atoms with Gasteiger partial charge in [0.1, 0.15) is 11.6 Å². The second-order valence-electron chi connectivity index (χ2n) is 9.07. The first-order chi connectivity index (χ1) is 16.5. The van der Waals surface area contributed by atoms with Gasteiger partial charge >= 0.3 is 0 Å². The third kappa shape index (κ3) is 6.31. The first-order valence-corrected chi connectivity index (χ1v) is 11.8. The van der Waals surface area contributed by atoms with Gasteiger partial charge in [-0.25, -0.2) is 9.37 Å². The molecule has 1 fully saturated rings. The summed E-state index contributed by atoms with van der Waals surface area (Å²) in [6.07, 6.45) is 4.33. The minimum atomic E-state index is -0.287. The Balaban J connectivity index is 0.00000342. The van der Waals surface area contributed by atoms with E-state index < -0.39 is 0 Å². The number of rotatable bonds is 9. The van der Waals surface area contributed by atoms with Crippen molar-refractivity contribution in [1.29, 1.82) is 0 Å². The molecule has 1 aromatic heterocycles. The van der Waals surface area contributed by atoms with Crippen LogP contribution < -0.4 is 25.0 Å². The van der Waals surface area contributed by atoms with Crippen molar-refractivity contribution in [3.63, 3.8) is 0 Å². The van der Waals surface area contributed by atoms with E-state index in [0.29, 0.717) is 41.5 Å². The standard InChI is InChI=1S/C26H34FN5O2.CH4/c1-32(2)25-20-7-5-6-8-22(20)30-26(31-25)29-19-11-9-17(10-12-19)15-28-16-18-13-23(33-3)24(34-4)14-21(18)27;/h5-8,13-14,17,19,28H,9-12,15-16H2,1-4H3,(H,29,30,31);1H4. The smallest absolute Gasteiger partial charge is 0.225 e. The zero-order valence-electron chi connectivity index (χ0n) is 20.4. The predicted molar refractivity (Wildman–Crippen MR) is 141 cm³/mol. The molecular weight excluding hydrogens is 445 g/mol. The first kappa shape index (κ1) is 26.5. The van der Waals surface area contributed by atoms with Crippen molar-refractivity contribution >= 4 is 22.7 Å². The van der Waals surface area contributed by atoms with Crippen molar-refractivity contribution in [1.82, 2.24) is 15.3 Å². The molecule has 3 aromatic rings. The van der Waals surface area contributed by atoms with Crippen molar-refractivity contribution in [2.75, 3.05) is 45.1 Å². The molecule has 0 saturated heterocycles. The summed E-state index contributed by atoms with van der Waals surface area (Å²) in [6, 6.07) is 11.5. The lowest BCUT2D eigenvalue weighted by atomic mass is 9.86. The fourth-order valence-corrected chi connectivity index (χ4v) is 4.60. The third-order valence-corrected chi connectivity index (χ3v) is 6.49. The van der Waals surface area contributed by atoms with Crippen LogP contribution in [0.3, 0.4) is 0 Å². The number of nitrogens with one attached hydrogen (secondary N) is 2. The normalized spacial score (nSPS) is 17.5. The lowest BCUT2D eigenvalue weighted by molar-refractivity contribution is 0.322. The molecular formula is C27H38FN5O2. The Labute approximate surface area is 208 Å². The molecule has 2 N–H and O–H groups in total. The number of hydrogen-bond donors (Lipinski definition) is 2. The van der Waals surface area contributed by atoms with Gasteiger partial charge in [0.2, 0.25) is 5.95 Å². The summed E-state index contributed by atoms with van der Waals surface area (Å²) in [5, 5.41) is 8.03. The molecule has 1 aliphatic carbocycles. The maximum Gasteiger partial charge on any atom is 0.225 e. The van der Waals surface area contributed by atoms with E-state index in [1.54, 1.807) is 13.2 Å². The molecule has 190 valence electrons. The topological polar surface area (TPSA) is 71.5 Å². The van der Waals surface area contributed by atoms with Crippen LogP contribution in [0.25, 0.3) is 10.9 Å². The molecule has 35 heavy (non-hydrogen) atoms. The Bertz CT molecular complexity index is 1120. The van der Waals surface area contributed by atoms with Gasteiger partial charge in [-0.3, -0.25) is 0 Å². The number of para-hydroxylation sites is 1. The molecule has 4 rings (SSSR count). The van der Waals surface area contributed by atoms with Crippen molar-refractivity contribution in [2.24, 2.45) is 5.92 Å². The molecule has 1 saturated carbocycles. The molecule has 0 radical (unpaired) electrons. The van der Waals surface area contributed by atoms with E-state index >= 15 is 0 Å². The zero-order valence-corrected chi connectivity index (χ0v) is 20.4. The van der Waals surface area contributed by atoms with Gasteiger partial charge in [0.25, 0.3) is 0 Å². The Kier molecular flexibility index (Phi) is 9.09. The van der Waals surface area contributed by atoms with Crippen LogP contribution in [-0.4, -0.2) is 50.9 Å². The number of benzene rings is 2. The van der Waals surface area contributed by atoms with E-state index in [-0.39, 0.29) is 13.2 Å². The monoisotopic (exact) mass is 483 g/mol. The van der Waals surface area contributed by atoms with Gasteiger partial charge in [-0.2, -0.15) is 4.98 Å². The highest BCUT2D eigenvalue weighted by molar-refractivity contribution is 5.90. The van der Waals surface area contributed by atoms with E-state index in [4.69, 9.17) is 19.4 Å². The number of anilines is 2. The average Bonchev–Trinajstić information content (AvgIpc) is 2.85. The summed E-state index contributed by atoms with van der Waals surface area (Å²) in [5.41, 5.74) is 1.53. The number of methoxy groups -OCH3 is 2. The number of ether oxygens (including phenoxy) is 2. The van der Waals surface area contributed by atoms with Crippen molar-refractivity contribution in [2.45, 2.75) is 45.7 Å². The van der Waals surface area contributed by atoms with E-state index in [2.05, 4.69) is 16.7 Å². The quantitative estimate of drug-likeness (QED) is 0.431. The number of nitrogens with zero attached hydrogens (tertiary/aromatic N) is 3. The molecule has 8 heteroatoms. The van der Waals surface area contributed by atoms with Gasteiger partial charge in [0.05, 0.1) is 19.7 Å². The van der Waals surface area contributed by atoms with Gasteiger partial charge in [0, 0.05) is 43.7 Å². The molecule has 1 heterocycles. The summed E-state index contributed by atoms with van der Waals surface area (Å²) >= 11 is 0. The number of fused-ring (bicyclic) bond motifs is 1. The van der Waals surface area contributed by atoms with Gasteiger partial charge in [-0.05, 0) is 56.3 Å². The Hall–Kier alpha value is -3.13. The summed E-state index contributed by atoms with van der Waals surface area (Å²) in [6.45, 7) is 1.32. The van der Waals surface area contributed by atoms with Crippen LogP contribution in [0.4, 0.5) is 16.2 Å². The second kappa shape index (κ2) is 12.0.